The number of furan rings is 1. The Morgan fingerprint density at radius 1 is 1.59 bits per heavy atom. The summed E-state index contributed by atoms with van der Waals surface area (Å²) in [6.45, 7) is 4.35. The average molecular weight is 236 g/mol. The summed E-state index contributed by atoms with van der Waals surface area (Å²) in [4.78, 5) is 14.0. The fourth-order valence-electron chi connectivity index (χ4n) is 1.94. The van der Waals surface area contributed by atoms with E-state index in [2.05, 4.69) is 0 Å². The van der Waals surface area contributed by atoms with Gasteiger partial charge in [0.2, 0.25) is 5.91 Å². The van der Waals surface area contributed by atoms with Gasteiger partial charge in [-0.2, -0.15) is 0 Å². The molecule has 0 bridgehead atoms. The van der Waals surface area contributed by atoms with Crippen molar-refractivity contribution >= 4 is 5.91 Å². The third kappa shape index (κ3) is 3.33. The van der Waals surface area contributed by atoms with E-state index in [1.165, 1.54) is 0 Å². The van der Waals surface area contributed by atoms with Crippen LogP contribution in [0.2, 0.25) is 0 Å². The number of carbonyl (C=O) groups is 1. The number of hydrogen-bond acceptors (Lipinski definition) is 3. The summed E-state index contributed by atoms with van der Waals surface area (Å²) in [6.07, 6.45) is 2.62. The second-order valence-corrected chi connectivity index (χ2v) is 4.95. The largest absolute Gasteiger partial charge is 0.464 e. The van der Waals surface area contributed by atoms with Crippen molar-refractivity contribution in [1.29, 1.82) is 0 Å². The first-order valence-electron chi connectivity index (χ1n) is 6.16. The summed E-state index contributed by atoms with van der Waals surface area (Å²) in [6, 6.07) is 4.18. The van der Waals surface area contributed by atoms with E-state index in [0.29, 0.717) is 19.0 Å². The van der Waals surface area contributed by atoms with Gasteiger partial charge in [-0.1, -0.05) is 0 Å². The second kappa shape index (κ2) is 4.92. The minimum absolute atomic E-state index is 0.0814. The molecule has 0 radical (unpaired) electrons. The lowest BCUT2D eigenvalue weighted by Crippen LogP contribution is -2.36. The van der Waals surface area contributed by atoms with E-state index in [1.807, 2.05) is 30.9 Å². The Morgan fingerprint density at radius 2 is 2.29 bits per heavy atom. The molecule has 94 valence electrons. The Morgan fingerprint density at radius 3 is 2.76 bits per heavy atom. The molecule has 0 aliphatic heterocycles. The molecular weight excluding hydrogens is 216 g/mol. The number of nitrogens with two attached hydrogens (primary N) is 1. The normalized spacial score (nSPS) is 16.9. The smallest absolute Gasteiger partial charge is 0.224 e. The van der Waals surface area contributed by atoms with Crippen molar-refractivity contribution in [2.24, 2.45) is 5.73 Å². The van der Waals surface area contributed by atoms with E-state index in [1.54, 1.807) is 0 Å². The summed E-state index contributed by atoms with van der Waals surface area (Å²) in [7, 11) is 0. The van der Waals surface area contributed by atoms with Crippen LogP contribution >= 0.6 is 0 Å². The number of rotatable bonds is 5. The molecule has 1 heterocycles. The van der Waals surface area contributed by atoms with Crippen LogP contribution in [0, 0.1) is 6.92 Å². The highest BCUT2D eigenvalue weighted by molar-refractivity contribution is 5.77. The van der Waals surface area contributed by atoms with E-state index in [4.69, 9.17) is 10.2 Å². The first kappa shape index (κ1) is 12.2. The maximum Gasteiger partial charge on any atom is 0.224 e. The van der Waals surface area contributed by atoms with E-state index in [0.717, 1.165) is 24.4 Å². The minimum Gasteiger partial charge on any atom is -0.464 e. The fourth-order valence-corrected chi connectivity index (χ4v) is 1.94. The van der Waals surface area contributed by atoms with Crippen LogP contribution in [0.5, 0.6) is 0 Å². The minimum atomic E-state index is -0.0814. The molecule has 1 aliphatic carbocycles. The molecule has 2 N–H and O–H groups in total. The van der Waals surface area contributed by atoms with Crippen LogP contribution in [0.3, 0.4) is 0 Å². The topological polar surface area (TPSA) is 59.5 Å². The quantitative estimate of drug-likeness (QED) is 0.848. The number of carbonyl (C=O) groups excluding carboxylic acids is 1. The van der Waals surface area contributed by atoms with Gasteiger partial charge < -0.3 is 15.1 Å². The first-order chi connectivity index (χ1) is 8.06. The Bertz CT molecular complexity index is 394. The summed E-state index contributed by atoms with van der Waals surface area (Å²) < 4.78 is 5.52. The van der Waals surface area contributed by atoms with Crippen molar-refractivity contribution in [3.05, 3.63) is 23.7 Å². The molecule has 2 rings (SSSR count). The molecular formula is C13H20N2O2. The molecule has 0 aromatic carbocycles. The lowest BCUT2D eigenvalue weighted by atomic mass is 10.2. The van der Waals surface area contributed by atoms with Crippen LogP contribution in [0.1, 0.15) is 37.7 Å². The number of aryl methyl sites for hydroxylation is 1. The van der Waals surface area contributed by atoms with Crippen LogP contribution < -0.4 is 5.73 Å². The number of hydrogen-bond donors (Lipinski definition) is 1. The molecule has 1 aromatic heterocycles. The van der Waals surface area contributed by atoms with E-state index in [9.17, 15) is 4.79 Å². The first-order valence-corrected chi connectivity index (χ1v) is 6.16. The van der Waals surface area contributed by atoms with Gasteiger partial charge in [0, 0.05) is 18.5 Å². The molecule has 0 saturated heterocycles. The summed E-state index contributed by atoms with van der Waals surface area (Å²) in [5, 5.41) is 0. The molecule has 1 unspecified atom stereocenters. The summed E-state index contributed by atoms with van der Waals surface area (Å²) in [5.74, 6) is 1.87. The van der Waals surface area contributed by atoms with Crippen LogP contribution in [-0.4, -0.2) is 22.9 Å². The van der Waals surface area contributed by atoms with Gasteiger partial charge in [0.15, 0.2) is 0 Å². The van der Waals surface area contributed by atoms with Gasteiger partial charge in [-0.3, -0.25) is 4.79 Å². The van der Waals surface area contributed by atoms with Crippen LogP contribution in [0.4, 0.5) is 0 Å². The standard InChI is InChI=1S/C13H20N2O2/c1-9(14)7-13(16)15(11-4-5-11)8-12-6-3-10(2)17-12/h3,6,9,11H,4-5,7-8,14H2,1-2H3. The van der Waals surface area contributed by atoms with E-state index in [-0.39, 0.29) is 11.9 Å². The molecule has 17 heavy (non-hydrogen) atoms. The summed E-state index contributed by atoms with van der Waals surface area (Å²) >= 11 is 0. The van der Waals surface area contributed by atoms with Gasteiger partial charge >= 0.3 is 0 Å². The highest BCUT2D eigenvalue weighted by Gasteiger charge is 2.33. The Kier molecular flexibility index (Phi) is 3.52. The Labute approximate surface area is 102 Å². The van der Waals surface area contributed by atoms with E-state index < -0.39 is 0 Å². The average Bonchev–Trinajstić information content (AvgIpc) is 2.98. The third-order valence-electron chi connectivity index (χ3n) is 2.93. The zero-order valence-electron chi connectivity index (χ0n) is 10.5. The van der Waals surface area contributed by atoms with Crippen LogP contribution in [0.15, 0.2) is 16.5 Å². The van der Waals surface area contributed by atoms with Crippen LogP contribution in [-0.2, 0) is 11.3 Å². The molecule has 1 aromatic rings. The zero-order chi connectivity index (χ0) is 12.4. The molecule has 4 heteroatoms. The third-order valence-corrected chi connectivity index (χ3v) is 2.93. The summed E-state index contributed by atoms with van der Waals surface area (Å²) in [5.41, 5.74) is 5.68. The monoisotopic (exact) mass is 236 g/mol. The number of amides is 1. The van der Waals surface area contributed by atoms with Gasteiger partial charge in [-0.05, 0) is 38.8 Å². The lowest BCUT2D eigenvalue weighted by molar-refractivity contribution is -0.132. The Balaban J connectivity index is 2.00. The van der Waals surface area contributed by atoms with E-state index >= 15 is 0 Å². The van der Waals surface area contributed by atoms with Crippen LogP contribution in [0.25, 0.3) is 0 Å². The molecule has 1 fully saturated rings. The number of nitrogens with zero attached hydrogens (tertiary/aromatic N) is 1. The van der Waals surface area contributed by atoms with Gasteiger partial charge in [0.05, 0.1) is 6.54 Å². The van der Waals surface area contributed by atoms with Crippen molar-refractivity contribution in [2.45, 2.75) is 51.7 Å². The van der Waals surface area contributed by atoms with Crippen molar-refractivity contribution < 1.29 is 9.21 Å². The van der Waals surface area contributed by atoms with Gasteiger partial charge in [-0.15, -0.1) is 0 Å². The fraction of sp³-hybridized carbons (Fsp3) is 0.615. The predicted octanol–water partition coefficient (Wildman–Crippen LogP) is 1.82. The molecule has 1 atom stereocenters. The molecule has 1 saturated carbocycles. The maximum atomic E-state index is 12.1. The second-order valence-electron chi connectivity index (χ2n) is 4.95. The van der Waals surface area contributed by atoms with Gasteiger partial charge in [0.25, 0.3) is 0 Å². The molecule has 0 spiro atoms. The highest BCUT2D eigenvalue weighted by atomic mass is 16.3. The lowest BCUT2D eigenvalue weighted by Gasteiger charge is -2.22. The van der Waals surface area contributed by atoms with Crippen molar-refractivity contribution in [1.82, 2.24) is 4.90 Å². The zero-order valence-corrected chi connectivity index (χ0v) is 10.5. The maximum absolute atomic E-state index is 12.1. The molecule has 4 nitrogen and oxygen atoms in total. The molecule has 1 amide bonds. The van der Waals surface area contributed by atoms with Crippen molar-refractivity contribution in [2.75, 3.05) is 0 Å². The van der Waals surface area contributed by atoms with Crippen molar-refractivity contribution in [3.8, 4) is 0 Å². The Hall–Kier alpha value is -1.29. The predicted molar refractivity (Wildman–Crippen MR) is 65.3 cm³/mol. The van der Waals surface area contributed by atoms with Crippen molar-refractivity contribution in [3.63, 3.8) is 0 Å². The SMILES string of the molecule is Cc1ccc(CN(C(=O)CC(C)N)C2CC2)o1. The van der Waals surface area contributed by atoms with Gasteiger partial charge in [0.1, 0.15) is 11.5 Å². The molecule has 1 aliphatic rings. The van der Waals surface area contributed by atoms with Gasteiger partial charge in [-0.25, -0.2) is 0 Å². The highest BCUT2D eigenvalue weighted by Crippen LogP contribution is 2.29.